The molecule has 0 saturated carbocycles. The van der Waals surface area contributed by atoms with Crippen LogP contribution in [0.4, 0.5) is 11.4 Å². The number of anilines is 1. The highest BCUT2D eigenvalue weighted by Crippen LogP contribution is 2.26. The van der Waals surface area contributed by atoms with Crippen LogP contribution in [0.25, 0.3) is 22.3 Å². The first-order chi connectivity index (χ1) is 15.7. The number of piperidine rings is 1. The third-order valence-corrected chi connectivity index (χ3v) is 6.09. The lowest BCUT2D eigenvalue weighted by molar-refractivity contribution is 0.415. The van der Waals surface area contributed by atoms with E-state index in [0.717, 1.165) is 52.2 Å². The van der Waals surface area contributed by atoms with Gasteiger partial charge >= 0.3 is 0 Å². The standard InChI is InChI=1S/C28H28N2O2/c1-20-6-15-27-25(18-20)26(19-28(32-27)21-7-13-24(31-2)14-8-21)29-22-9-11-23(12-10-22)30-16-4-3-5-17-30/h6-15,18-19H,3-5,16-17H2,1-2H3. The highest BCUT2D eigenvalue weighted by molar-refractivity contribution is 5.79. The average Bonchev–Trinajstić information content (AvgIpc) is 2.85. The van der Waals surface area contributed by atoms with Gasteiger partial charge in [-0.25, -0.2) is 4.99 Å². The number of ether oxygens (including phenoxy) is 1. The maximum absolute atomic E-state index is 6.25. The smallest absolute Gasteiger partial charge is 0.136 e. The molecule has 0 aliphatic carbocycles. The van der Waals surface area contributed by atoms with E-state index in [1.165, 1.54) is 30.5 Å². The van der Waals surface area contributed by atoms with Gasteiger partial charge in [0.1, 0.15) is 17.1 Å². The minimum absolute atomic E-state index is 0.785. The predicted molar refractivity (Wildman–Crippen MR) is 131 cm³/mol. The molecule has 5 rings (SSSR count). The summed E-state index contributed by atoms with van der Waals surface area (Å²) in [6, 6.07) is 24.8. The zero-order valence-corrected chi connectivity index (χ0v) is 18.7. The molecule has 0 amide bonds. The molecule has 3 aromatic carbocycles. The van der Waals surface area contributed by atoms with E-state index in [4.69, 9.17) is 14.1 Å². The molecule has 1 fully saturated rings. The lowest BCUT2D eigenvalue weighted by Gasteiger charge is -2.28. The Morgan fingerprint density at radius 2 is 1.59 bits per heavy atom. The zero-order chi connectivity index (χ0) is 21.9. The fourth-order valence-electron chi connectivity index (χ4n) is 4.30. The molecule has 2 heterocycles. The van der Waals surface area contributed by atoms with Gasteiger partial charge in [-0.1, -0.05) is 11.6 Å². The minimum Gasteiger partial charge on any atom is -0.497 e. The molecule has 0 spiro atoms. The first kappa shape index (κ1) is 20.4. The highest BCUT2D eigenvalue weighted by Gasteiger charge is 2.11. The van der Waals surface area contributed by atoms with E-state index in [-0.39, 0.29) is 0 Å². The van der Waals surface area contributed by atoms with Crippen LogP contribution in [0.1, 0.15) is 24.8 Å². The van der Waals surface area contributed by atoms with Crippen molar-refractivity contribution in [3.05, 3.63) is 83.7 Å². The molecule has 4 nitrogen and oxygen atoms in total. The van der Waals surface area contributed by atoms with Crippen molar-refractivity contribution >= 4 is 22.3 Å². The zero-order valence-electron chi connectivity index (χ0n) is 18.7. The summed E-state index contributed by atoms with van der Waals surface area (Å²) >= 11 is 0. The number of hydrogen-bond donors (Lipinski definition) is 0. The van der Waals surface area contributed by atoms with Gasteiger partial charge in [0.2, 0.25) is 0 Å². The van der Waals surface area contributed by atoms with Gasteiger partial charge in [-0.15, -0.1) is 0 Å². The molecule has 0 atom stereocenters. The van der Waals surface area contributed by atoms with E-state index in [2.05, 4.69) is 48.2 Å². The molecule has 0 bridgehead atoms. The number of fused-ring (bicyclic) bond motifs is 1. The molecule has 4 heteroatoms. The van der Waals surface area contributed by atoms with Crippen LogP contribution in [0.5, 0.6) is 5.75 Å². The van der Waals surface area contributed by atoms with Crippen molar-refractivity contribution < 1.29 is 9.15 Å². The largest absolute Gasteiger partial charge is 0.497 e. The molecule has 32 heavy (non-hydrogen) atoms. The van der Waals surface area contributed by atoms with E-state index in [1.807, 2.05) is 36.4 Å². The molecule has 0 N–H and O–H groups in total. The van der Waals surface area contributed by atoms with Crippen molar-refractivity contribution in [3.63, 3.8) is 0 Å². The second-order valence-corrected chi connectivity index (χ2v) is 8.40. The first-order valence-electron chi connectivity index (χ1n) is 11.3. The Morgan fingerprint density at radius 3 is 2.31 bits per heavy atom. The van der Waals surface area contributed by atoms with Crippen LogP contribution >= 0.6 is 0 Å². The third kappa shape index (κ3) is 4.26. The highest BCUT2D eigenvalue weighted by atomic mass is 16.5. The number of methoxy groups -OCH3 is 1. The van der Waals surface area contributed by atoms with E-state index in [0.29, 0.717) is 0 Å². The maximum atomic E-state index is 6.25. The molecule has 0 unspecified atom stereocenters. The molecule has 1 aromatic heterocycles. The summed E-state index contributed by atoms with van der Waals surface area (Å²) in [6.45, 7) is 4.38. The fraction of sp³-hybridized carbons (Fsp3) is 0.250. The van der Waals surface area contributed by atoms with Crippen molar-refractivity contribution in [2.75, 3.05) is 25.1 Å². The molecule has 0 radical (unpaired) electrons. The molecule has 4 aromatic rings. The van der Waals surface area contributed by atoms with Crippen LogP contribution in [0, 0.1) is 6.92 Å². The Bertz CT molecular complexity index is 1280. The lowest BCUT2D eigenvalue weighted by Crippen LogP contribution is -2.29. The molecule has 1 aliphatic rings. The summed E-state index contributed by atoms with van der Waals surface area (Å²) in [5.74, 6) is 1.61. The number of rotatable bonds is 4. The Labute approximate surface area is 188 Å². The van der Waals surface area contributed by atoms with Gasteiger partial charge in [0.25, 0.3) is 0 Å². The molecule has 1 saturated heterocycles. The summed E-state index contributed by atoms with van der Waals surface area (Å²) in [5, 5.41) is 1.92. The van der Waals surface area contributed by atoms with Crippen molar-refractivity contribution in [3.8, 4) is 17.1 Å². The van der Waals surface area contributed by atoms with E-state index in [9.17, 15) is 0 Å². The summed E-state index contributed by atoms with van der Waals surface area (Å²) in [7, 11) is 1.67. The Kier molecular flexibility index (Phi) is 5.68. The topological polar surface area (TPSA) is 38.0 Å². The van der Waals surface area contributed by atoms with Crippen molar-refractivity contribution in [1.82, 2.24) is 0 Å². The molecule has 162 valence electrons. The first-order valence-corrected chi connectivity index (χ1v) is 11.3. The second-order valence-electron chi connectivity index (χ2n) is 8.40. The predicted octanol–water partition coefficient (Wildman–Crippen LogP) is 6.64. The summed E-state index contributed by atoms with van der Waals surface area (Å²) in [6.07, 6.45) is 3.89. The van der Waals surface area contributed by atoms with E-state index >= 15 is 0 Å². The van der Waals surface area contributed by atoms with Crippen LogP contribution in [0.2, 0.25) is 0 Å². The molecular weight excluding hydrogens is 396 g/mol. The number of hydrogen-bond acceptors (Lipinski definition) is 4. The quantitative estimate of drug-likeness (QED) is 0.369. The second kappa shape index (κ2) is 8.91. The Balaban J connectivity index is 1.58. The normalized spacial score (nSPS) is 14.7. The van der Waals surface area contributed by atoms with Crippen molar-refractivity contribution in [2.45, 2.75) is 26.2 Å². The number of aryl methyl sites for hydroxylation is 1. The van der Waals surface area contributed by atoms with Crippen LogP contribution in [0.3, 0.4) is 0 Å². The summed E-state index contributed by atoms with van der Waals surface area (Å²) in [4.78, 5) is 7.48. The lowest BCUT2D eigenvalue weighted by atomic mass is 10.1. The summed E-state index contributed by atoms with van der Waals surface area (Å²) in [5.41, 5.74) is 5.23. The fourth-order valence-corrected chi connectivity index (χ4v) is 4.30. The number of nitrogens with zero attached hydrogens (tertiary/aromatic N) is 2. The van der Waals surface area contributed by atoms with Crippen LogP contribution in [0.15, 0.2) is 82.2 Å². The molecular formula is C28H28N2O2. The van der Waals surface area contributed by atoms with Gasteiger partial charge in [-0.2, -0.15) is 0 Å². The van der Waals surface area contributed by atoms with Gasteiger partial charge in [0.05, 0.1) is 18.2 Å². The SMILES string of the molecule is COc1ccc(-c2cc(=Nc3ccc(N4CCCCC4)cc3)c3cc(C)ccc3o2)cc1. The number of benzene rings is 3. The van der Waals surface area contributed by atoms with E-state index < -0.39 is 0 Å². The molecule has 1 aliphatic heterocycles. The van der Waals surface area contributed by atoms with Gasteiger partial charge in [0, 0.05) is 35.8 Å². The van der Waals surface area contributed by atoms with Crippen LogP contribution < -0.4 is 15.0 Å². The van der Waals surface area contributed by atoms with Crippen LogP contribution in [-0.4, -0.2) is 20.2 Å². The Hall–Kier alpha value is -3.53. The third-order valence-electron chi connectivity index (χ3n) is 6.09. The minimum atomic E-state index is 0.785. The van der Waals surface area contributed by atoms with Gasteiger partial charge in [-0.3, -0.25) is 0 Å². The average molecular weight is 425 g/mol. The maximum Gasteiger partial charge on any atom is 0.136 e. The summed E-state index contributed by atoms with van der Waals surface area (Å²) < 4.78 is 11.5. The monoisotopic (exact) mass is 424 g/mol. The van der Waals surface area contributed by atoms with E-state index in [1.54, 1.807) is 7.11 Å². The Morgan fingerprint density at radius 1 is 0.844 bits per heavy atom. The van der Waals surface area contributed by atoms with Gasteiger partial charge in [-0.05, 0) is 86.8 Å². The van der Waals surface area contributed by atoms with Crippen LogP contribution in [-0.2, 0) is 0 Å². The van der Waals surface area contributed by atoms with Crippen molar-refractivity contribution in [2.24, 2.45) is 4.99 Å². The van der Waals surface area contributed by atoms with Crippen molar-refractivity contribution in [1.29, 1.82) is 0 Å². The van der Waals surface area contributed by atoms with Gasteiger partial charge < -0.3 is 14.1 Å². The van der Waals surface area contributed by atoms with Gasteiger partial charge in [0.15, 0.2) is 0 Å².